The molecule has 136 valence electrons. The Morgan fingerprint density at radius 1 is 1.22 bits per heavy atom. The van der Waals surface area contributed by atoms with Crippen LogP contribution in [0.3, 0.4) is 0 Å². The molecule has 1 aliphatic carbocycles. The third kappa shape index (κ3) is 5.26. The summed E-state index contributed by atoms with van der Waals surface area (Å²) in [6.07, 6.45) is 4.50. The van der Waals surface area contributed by atoms with Crippen molar-refractivity contribution in [3.05, 3.63) is 11.6 Å². The Bertz CT molecular complexity index is 433. The van der Waals surface area contributed by atoms with E-state index >= 15 is 0 Å². The molecule has 0 radical (unpaired) electrons. The standard InChI is InChI=1S/C18H38O3Si2/c1-17(2,3)23(7,8)21-16-11-9-10-15(12-13-19)18(16,20)14-22(4,5)6/h12,16,19-20H,9-11,13-14H2,1-8H3/b15-12-/t16-,18+/m0/s1. The second-order valence-electron chi connectivity index (χ2n) is 9.83. The fourth-order valence-corrected chi connectivity index (χ4v) is 6.70. The SMILES string of the molecule is CC(C)(C)[Si](C)(C)O[C@H]1CCC/C(=C/CO)[C@]1(O)C[Si](C)(C)C. The van der Waals surface area contributed by atoms with Gasteiger partial charge >= 0.3 is 0 Å². The Hall–Kier alpha value is 0.0538. The van der Waals surface area contributed by atoms with E-state index in [2.05, 4.69) is 53.5 Å². The average molecular weight is 359 g/mol. The molecule has 1 saturated carbocycles. The van der Waals surface area contributed by atoms with Crippen molar-refractivity contribution in [2.24, 2.45) is 0 Å². The van der Waals surface area contributed by atoms with E-state index in [4.69, 9.17) is 4.43 Å². The van der Waals surface area contributed by atoms with Gasteiger partial charge in [0.2, 0.25) is 0 Å². The molecule has 0 saturated heterocycles. The molecule has 3 nitrogen and oxygen atoms in total. The molecule has 5 heteroatoms. The summed E-state index contributed by atoms with van der Waals surface area (Å²) in [5, 5.41) is 21.2. The van der Waals surface area contributed by atoms with Gasteiger partial charge in [0.1, 0.15) is 5.60 Å². The molecule has 0 spiro atoms. The van der Waals surface area contributed by atoms with E-state index in [1.54, 1.807) is 0 Å². The number of rotatable bonds is 5. The van der Waals surface area contributed by atoms with Crippen LogP contribution in [0.25, 0.3) is 0 Å². The van der Waals surface area contributed by atoms with E-state index in [1.807, 2.05) is 6.08 Å². The molecule has 23 heavy (non-hydrogen) atoms. The van der Waals surface area contributed by atoms with Crippen molar-refractivity contribution in [2.75, 3.05) is 6.61 Å². The first-order chi connectivity index (χ1) is 10.2. The molecular weight excluding hydrogens is 320 g/mol. The zero-order valence-corrected chi connectivity index (χ0v) is 18.5. The van der Waals surface area contributed by atoms with Gasteiger partial charge in [-0.2, -0.15) is 0 Å². The van der Waals surface area contributed by atoms with Crippen LogP contribution in [0.2, 0.25) is 43.8 Å². The molecular formula is C18H38O3Si2. The normalized spacial score (nSPS) is 29.1. The number of hydrogen-bond donors (Lipinski definition) is 2. The van der Waals surface area contributed by atoms with Crippen LogP contribution in [-0.4, -0.2) is 44.9 Å². The maximum absolute atomic E-state index is 11.6. The Kier molecular flexibility index (Phi) is 6.53. The zero-order chi connectivity index (χ0) is 18.1. The van der Waals surface area contributed by atoms with Gasteiger partial charge in [0.15, 0.2) is 8.32 Å². The van der Waals surface area contributed by atoms with Gasteiger partial charge in [0.25, 0.3) is 0 Å². The molecule has 0 amide bonds. The highest BCUT2D eigenvalue weighted by molar-refractivity contribution is 6.76. The van der Waals surface area contributed by atoms with Gasteiger partial charge in [-0.1, -0.05) is 46.5 Å². The van der Waals surface area contributed by atoms with E-state index in [9.17, 15) is 10.2 Å². The highest BCUT2D eigenvalue weighted by Gasteiger charge is 2.49. The predicted molar refractivity (Wildman–Crippen MR) is 104 cm³/mol. The molecule has 0 aromatic rings. The third-order valence-corrected chi connectivity index (χ3v) is 11.5. The van der Waals surface area contributed by atoms with Crippen LogP contribution in [0.15, 0.2) is 11.6 Å². The summed E-state index contributed by atoms with van der Waals surface area (Å²) in [6, 6.07) is 0.797. The summed E-state index contributed by atoms with van der Waals surface area (Å²) in [4.78, 5) is 0. The molecule has 0 bridgehead atoms. The Morgan fingerprint density at radius 2 is 1.78 bits per heavy atom. The second kappa shape index (κ2) is 7.12. The number of hydrogen-bond acceptors (Lipinski definition) is 3. The van der Waals surface area contributed by atoms with Crippen molar-refractivity contribution in [1.29, 1.82) is 0 Å². The number of aliphatic hydroxyl groups is 2. The van der Waals surface area contributed by atoms with E-state index in [0.29, 0.717) is 0 Å². The first kappa shape index (κ1) is 21.1. The molecule has 0 unspecified atom stereocenters. The van der Waals surface area contributed by atoms with Gasteiger partial charge in [-0.25, -0.2) is 0 Å². The quantitative estimate of drug-likeness (QED) is 0.560. The first-order valence-electron chi connectivity index (χ1n) is 8.93. The van der Waals surface area contributed by atoms with Crippen LogP contribution in [-0.2, 0) is 4.43 Å². The van der Waals surface area contributed by atoms with Crippen molar-refractivity contribution in [3.8, 4) is 0 Å². The third-order valence-electron chi connectivity index (χ3n) is 5.38. The highest BCUT2D eigenvalue weighted by atomic mass is 28.4. The molecule has 0 aromatic heterocycles. The lowest BCUT2D eigenvalue weighted by atomic mass is 9.79. The monoisotopic (exact) mass is 358 g/mol. The smallest absolute Gasteiger partial charge is 0.192 e. The Balaban J connectivity index is 3.19. The summed E-state index contributed by atoms with van der Waals surface area (Å²) >= 11 is 0. The largest absolute Gasteiger partial charge is 0.411 e. The summed E-state index contributed by atoms with van der Waals surface area (Å²) in [6.45, 7) is 18.1. The van der Waals surface area contributed by atoms with Gasteiger partial charge < -0.3 is 14.6 Å². The molecule has 1 fully saturated rings. The van der Waals surface area contributed by atoms with Crippen molar-refractivity contribution in [3.63, 3.8) is 0 Å². The van der Waals surface area contributed by atoms with Crippen LogP contribution in [0.4, 0.5) is 0 Å². The van der Waals surface area contributed by atoms with Crippen molar-refractivity contribution >= 4 is 16.4 Å². The molecule has 0 aromatic carbocycles. The van der Waals surface area contributed by atoms with Crippen LogP contribution in [0.5, 0.6) is 0 Å². The molecule has 1 rings (SSSR count). The van der Waals surface area contributed by atoms with Gasteiger partial charge in [-0.15, -0.1) is 0 Å². The lowest BCUT2D eigenvalue weighted by Crippen LogP contribution is -2.57. The number of aliphatic hydroxyl groups excluding tert-OH is 1. The van der Waals surface area contributed by atoms with Gasteiger partial charge in [0, 0.05) is 8.07 Å². The van der Waals surface area contributed by atoms with Crippen LogP contribution in [0.1, 0.15) is 40.0 Å². The second-order valence-corrected chi connectivity index (χ2v) is 20.1. The fourth-order valence-electron chi connectivity index (χ4n) is 3.25. The topological polar surface area (TPSA) is 49.7 Å². The van der Waals surface area contributed by atoms with Gasteiger partial charge in [-0.05, 0) is 49.0 Å². The van der Waals surface area contributed by atoms with Crippen LogP contribution in [0, 0.1) is 0 Å². The summed E-state index contributed by atoms with van der Waals surface area (Å²) < 4.78 is 6.67. The predicted octanol–water partition coefficient (Wildman–Crippen LogP) is 4.55. The van der Waals surface area contributed by atoms with E-state index in [1.165, 1.54) is 0 Å². The van der Waals surface area contributed by atoms with Gasteiger partial charge in [-0.3, -0.25) is 0 Å². The lowest BCUT2D eigenvalue weighted by molar-refractivity contribution is -0.0457. The maximum Gasteiger partial charge on any atom is 0.192 e. The van der Waals surface area contributed by atoms with Crippen molar-refractivity contribution in [1.82, 2.24) is 0 Å². The van der Waals surface area contributed by atoms with E-state index in [0.717, 1.165) is 30.9 Å². The molecule has 2 atom stereocenters. The zero-order valence-electron chi connectivity index (χ0n) is 16.5. The van der Waals surface area contributed by atoms with Crippen LogP contribution >= 0.6 is 0 Å². The maximum atomic E-state index is 11.6. The first-order valence-corrected chi connectivity index (χ1v) is 15.5. The lowest BCUT2D eigenvalue weighted by Gasteiger charge is -2.49. The highest BCUT2D eigenvalue weighted by Crippen LogP contribution is 2.45. The Labute approximate surface area is 145 Å². The molecule has 0 heterocycles. The van der Waals surface area contributed by atoms with Gasteiger partial charge in [0.05, 0.1) is 12.7 Å². The van der Waals surface area contributed by atoms with Crippen molar-refractivity contribution in [2.45, 2.75) is 95.6 Å². The summed E-state index contributed by atoms with van der Waals surface area (Å²) in [5.74, 6) is 0. The molecule has 1 aliphatic rings. The minimum absolute atomic E-state index is 0.00382. The Morgan fingerprint density at radius 3 is 2.22 bits per heavy atom. The van der Waals surface area contributed by atoms with E-state index in [-0.39, 0.29) is 17.7 Å². The summed E-state index contributed by atoms with van der Waals surface area (Å²) in [5.41, 5.74) is 0.0958. The average Bonchev–Trinajstić information content (AvgIpc) is 2.31. The molecule has 2 N–H and O–H groups in total. The van der Waals surface area contributed by atoms with Crippen LogP contribution < -0.4 is 0 Å². The minimum Gasteiger partial charge on any atom is -0.411 e. The minimum atomic E-state index is -1.94. The molecule has 0 aliphatic heterocycles. The fraction of sp³-hybridized carbons (Fsp3) is 0.889. The van der Waals surface area contributed by atoms with E-state index < -0.39 is 22.0 Å². The summed E-state index contributed by atoms with van der Waals surface area (Å²) in [7, 11) is -3.43. The van der Waals surface area contributed by atoms with Crippen molar-refractivity contribution < 1.29 is 14.6 Å².